The van der Waals surface area contributed by atoms with Gasteiger partial charge in [0, 0.05) is 13.1 Å². The van der Waals surface area contributed by atoms with Crippen molar-refractivity contribution in [1.29, 1.82) is 0 Å². The van der Waals surface area contributed by atoms with Gasteiger partial charge >= 0.3 is 0 Å². The van der Waals surface area contributed by atoms with Crippen molar-refractivity contribution in [1.82, 2.24) is 5.32 Å². The van der Waals surface area contributed by atoms with Gasteiger partial charge in [0.1, 0.15) is 0 Å². The van der Waals surface area contributed by atoms with Crippen molar-refractivity contribution in [2.75, 3.05) is 0 Å². The third-order valence-corrected chi connectivity index (χ3v) is 4.75. The fraction of sp³-hybridized carbons (Fsp3) is 0.143. The maximum Gasteiger partial charge on any atom is 0.294 e. The Morgan fingerprint density at radius 3 is 1.48 bits per heavy atom. The molecule has 7 nitrogen and oxygen atoms in total. The van der Waals surface area contributed by atoms with Gasteiger partial charge in [-0.05, 0) is 35.4 Å². The molecule has 0 aliphatic carbocycles. The van der Waals surface area contributed by atoms with Crippen LogP contribution in [0.5, 0.6) is 0 Å². The molecule has 2 aromatic rings. The summed E-state index contributed by atoms with van der Waals surface area (Å²) in [5.74, 6) is 0. The second-order valence-electron chi connectivity index (χ2n) is 4.85. The summed E-state index contributed by atoms with van der Waals surface area (Å²) >= 11 is 0. The molecule has 0 saturated heterocycles. The van der Waals surface area contributed by atoms with E-state index in [0.29, 0.717) is 24.2 Å². The topological polar surface area (TPSA) is 121 Å². The van der Waals surface area contributed by atoms with E-state index in [1.807, 2.05) is 0 Å². The van der Waals surface area contributed by atoms with Crippen LogP contribution in [-0.2, 0) is 33.3 Å². The average Bonchev–Trinajstić information content (AvgIpc) is 2.46. The Labute approximate surface area is 134 Å². The van der Waals surface area contributed by atoms with Gasteiger partial charge in [0.2, 0.25) is 0 Å². The van der Waals surface area contributed by atoms with Crippen LogP contribution in [0.2, 0.25) is 0 Å². The van der Waals surface area contributed by atoms with Crippen molar-refractivity contribution < 1.29 is 25.9 Å². The molecule has 0 spiro atoms. The second kappa shape index (κ2) is 6.77. The van der Waals surface area contributed by atoms with Crippen molar-refractivity contribution in [3.8, 4) is 0 Å². The summed E-state index contributed by atoms with van der Waals surface area (Å²) in [7, 11) is -8.49. The molecular weight excluding hydrogens is 342 g/mol. The molecule has 0 aliphatic rings. The molecule has 0 saturated carbocycles. The maximum absolute atomic E-state index is 11.1. The summed E-state index contributed by atoms with van der Waals surface area (Å²) in [5.41, 5.74) is 1.29. The first kappa shape index (κ1) is 17.6. The van der Waals surface area contributed by atoms with Crippen LogP contribution in [-0.4, -0.2) is 25.9 Å². The zero-order valence-electron chi connectivity index (χ0n) is 11.9. The summed E-state index contributed by atoms with van der Waals surface area (Å²) in [6, 6.07) is 11.7. The molecule has 0 fully saturated rings. The lowest BCUT2D eigenvalue weighted by Gasteiger charge is -2.07. The van der Waals surface area contributed by atoms with E-state index in [1.54, 1.807) is 12.1 Å². The van der Waals surface area contributed by atoms with Gasteiger partial charge < -0.3 is 5.32 Å². The van der Waals surface area contributed by atoms with Crippen molar-refractivity contribution in [2.24, 2.45) is 0 Å². The van der Waals surface area contributed by atoms with Gasteiger partial charge in [0.25, 0.3) is 20.2 Å². The van der Waals surface area contributed by atoms with E-state index in [2.05, 4.69) is 5.32 Å². The minimum atomic E-state index is -4.25. The predicted octanol–water partition coefficient (Wildman–Crippen LogP) is 1.47. The fourth-order valence-corrected chi connectivity index (χ4v) is 3.08. The molecule has 0 unspecified atom stereocenters. The Bertz CT molecular complexity index is 831. The minimum absolute atomic E-state index is 0.190. The van der Waals surface area contributed by atoms with Crippen LogP contribution in [0, 0.1) is 0 Å². The van der Waals surface area contributed by atoms with Crippen LogP contribution in [0.3, 0.4) is 0 Å². The third kappa shape index (κ3) is 5.12. The highest BCUT2D eigenvalue weighted by Crippen LogP contribution is 2.13. The van der Waals surface area contributed by atoms with Gasteiger partial charge in [-0.2, -0.15) is 16.8 Å². The normalized spacial score (nSPS) is 12.3. The molecule has 0 aliphatic heterocycles. The van der Waals surface area contributed by atoms with Gasteiger partial charge in [-0.1, -0.05) is 24.3 Å². The third-order valence-electron chi connectivity index (χ3n) is 3.05. The summed E-state index contributed by atoms with van der Waals surface area (Å²) in [6.45, 7) is 0.638. The molecule has 0 radical (unpaired) electrons. The highest BCUT2D eigenvalue weighted by Gasteiger charge is 2.10. The fourth-order valence-electron chi connectivity index (χ4n) is 1.98. The second-order valence-corrected chi connectivity index (χ2v) is 7.69. The maximum atomic E-state index is 11.1. The number of nitrogens with one attached hydrogen (secondary N) is 1. The summed E-state index contributed by atoms with van der Waals surface area (Å²) in [6.07, 6.45) is 0. The van der Waals surface area contributed by atoms with E-state index in [4.69, 9.17) is 9.11 Å². The largest absolute Gasteiger partial charge is 0.309 e. The molecule has 0 amide bonds. The highest BCUT2D eigenvalue weighted by atomic mass is 32.2. The van der Waals surface area contributed by atoms with Gasteiger partial charge in [-0.15, -0.1) is 0 Å². The molecule has 124 valence electrons. The molecule has 3 N–H and O–H groups in total. The van der Waals surface area contributed by atoms with Crippen LogP contribution in [0.1, 0.15) is 11.1 Å². The monoisotopic (exact) mass is 357 g/mol. The summed E-state index contributed by atoms with van der Waals surface area (Å²) in [5, 5.41) is 3.02. The van der Waals surface area contributed by atoms with Crippen LogP contribution in [0.25, 0.3) is 0 Å². The lowest BCUT2D eigenvalue weighted by Crippen LogP contribution is -2.13. The Kier molecular flexibility index (Phi) is 5.17. The molecule has 9 heteroatoms. The summed E-state index contributed by atoms with van der Waals surface area (Å²) in [4.78, 5) is -0.379. The molecule has 0 bridgehead atoms. The molecule has 0 aromatic heterocycles. The number of hydrogen-bond acceptors (Lipinski definition) is 5. The van der Waals surface area contributed by atoms with Crippen LogP contribution < -0.4 is 5.32 Å². The van der Waals surface area contributed by atoms with Gasteiger partial charge in [-0.3, -0.25) is 9.11 Å². The lowest BCUT2D eigenvalue weighted by atomic mass is 10.2. The van der Waals surface area contributed by atoms with Crippen LogP contribution in [0.4, 0.5) is 0 Å². The SMILES string of the molecule is O=S(=O)(O)c1cccc(CNCc2cccc(S(=O)(=O)O)c2)c1. The average molecular weight is 357 g/mol. The molecule has 2 aromatic carbocycles. The van der Waals surface area contributed by atoms with Crippen LogP contribution in [0.15, 0.2) is 58.3 Å². The van der Waals surface area contributed by atoms with Crippen LogP contribution >= 0.6 is 0 Å². The van der Waals surface area contributed by atoms with E-state index < -0.39 is 20.2 Å². The quantitative estimate of drug-likeness (QED) is 0.669. The van der Waals surface area contributed by atoms with Gasteiger partial charge in [-0.25, -0.2) is 0 Å². The zero-order valence-corrected chi connectivity index (χ0v) is 13.5. The van der Waals surface area contributed by atoms with E-state index in [9.17, 15) is 16.8 Å². The Hall–Kier alpha value is -1.78. The first-order valence-corrected chi connectivity index (χ1v) is 9.38. The number of benzene rings is 2. The zero-order chi connectivity index (χ0) is 17.1. The highest BCUT2D eigenvalue weighted by molar-refractivity contribution is 7.86. The first-order chi connectivity index (χ1) is 10.7. The number of rotatable bonds is 6. The predicted molar refractivity (Wildman–Crippen MR) is 83.1 cm³/mol. The van der Waals surface area contributed by atoms with Crippen molar-refractivity contribution in [3.63, 3.8) is 0 Å². The van der Waals surface area contributed by atoms with Crippen molar-refractivity contribution >= 4 is 20.2 Å². The Balaban J connectivity index is 2.03. The lowest BCUT2D eigenvalue weighted by molar-refractivity contribution is 0.481. The van der Waals surface area contributed by atoms with E-state index in [1.165, 1.54) is 36.4 Å². The van der Waals surface area contributed by atoms with Gasteiger partial charge in [0.15, 0.2) is 0 Å². The molecule has 23 heavy (non-hydrogen) atoms. The molecule has 0 heterocycles. The standard InChI is InChI=1S/C14H15NO6S2/c16-22(17,18)13-5-1-3-11(7-13)9-15-10-12-4-2-6-14(8-12)23(19,20)21/h1-8,15H,9-10H2,(H,16,17,18)(H,19,20,21). The molecular formula is C14H15NO6S2. The minimum Gasteiger partial charge on any atom is -0.309 e. The van der Waals surface area contributed by atoms with E-state index in [0.717, 1.165) is 0 Å². The number of hydrogen-bond donors (Lipinski definition) is 3. The van der Waals surface area contributed by atoms with Gasteiger partial charge in [0.05, 0.1) is 9.79 Å². The molecule has 2 rings (SSSR count). The molecule has 0 atom stereocenters. The van der Waals surface area contributed by atoms with Crippen molar-refractivity contribution in [2.45, 2.75) is 22.9 Å². The Morgan fingerprint density at radius 2 is 1.13 bits per heavy atom. The van der Waals surface area contributed by atoms with E-state index in [-0.39, 0.29) is 9.79 Å². The van der Waals surface area contributed by atoms with Crippen molar-refractivity contribution in [3.05, 3.63) is 59.7 Å². The first-order valence-electron chi connectivity index (χ1n) is 6.50. The summed E-state index contributed by atoms with van der Waals surface area (Å²) < 4.78 is 62.3. The smallest absolute Gasteiger partial charge is 0.294 e. The Morgan fingerprint density at radius 1 is 0.739 bits per heavy atom. The van der Waals surface area contributed by atoms with E-state index >= 15 is 0 Å².